The minimum absolute atomic E-state index is 0.0694. The quantitative estimate of drug-likeness (QED) is 0.640. The Bertz CT molecular complexity index is 766. The van der Waals surface area contributed by atoms with Crippen molar-refractivity contribution >= 4 is 17.1 Å². The summed E-state index contributed by atoms with van der Waals surface area (Å²) in [7, 11) is 0. The Hall–Kier alpha value is -2.89. The van der Waals surface area contributed by atoms with Crippen molar-refractivity contribution in [1.82, 2.24) is 4.98 Å². The van der Waals surface area contributed by atoms with E-state index in [1.54, 1.807) is 24.5 Å². The smallest absolute Gasteiger partial charge is 0.265 e. The third-order valence-electron chi connectivity index (χ3n) is 3.30. The first-order valence-electron chi connectivity index (χ1n) is 6.44. The molecule has 0 saturated carbocycles. The van der Waals surface area contributed by atoms with E-state index in [1.807, 2.05) is 25.1 Å². The zero-order valence-electron chi connectivity index (χ0n) is 11.4. The van der Waals surface area contributed by atoms with Crippen LogP contribution >= 0.6 is 0 Å². The molecule has 0 bridgehead atoms. The second kappa shape index (κ2) is 5.24. The van der Waals surface area contributed by atoms with E-state index >= 15 is 0 Å². The molecule has 0 atom stereocenters. The van der Waals surface area contributed by atoms with E-state index < -0.39 is 0 Å². The first kappa shape index (κ1) is 13.1. The molecule has 1 aliphatic rings. The van der Waals surface area contributed by atoms with Gasteiger partial charge in [0.25, 0.3) is 5.69 Å². The summed E-state index contributed by atoms with van der Waals surface area (Å²) in [5, 5.41) is 19.4. The fourth-order valence-electron chi connectivity index (χ4n) is 2.24. The van der Waals surface area contributed by atoms with Gasteiger partial charge in [0.15, 0.2) is 0 Å². The van der Waals surface area contributed by atoms with Crippen molar-refractivity contribution in [3.63, 3.8) is 0 Å². The van der Waals surface area contributed by atoms with Gasteiger partial charge in [-0.15, -0.1) is 0 Å². The van der Waals surface area contributed by atoms with E-state index in [-0.39, 0.29) is 10.6 Å². The highest BCUT2D eigenvalue weighted by atomic mass is 16.6. The molecule has 0 spiro atoms. The summed E-state index contributed by atoms with van der Waals surface area (Å²) < 4.78 is 0. The minimum Gasteiger partial charge on any atom is -0.265 e. The molecular weight excluding hydrogens is 268 g/mol. The normalized spacial score (nSPS) is 13.8. The van der Waals surface area contributed by atoms with E-state index in [2.05, 4.69) is 15.2 Å². The maximum atomic E-state index is 11.2. The van der Waals surface area contributed by atoms with E-state index in [4.69, 9.17) is 0 Å². The van der Waals surface area contributed by atoms with E-state index in [9.17, 15) is 10.1 Å². The number of pyridine rings is 1. The number of hydrogen-bond acceptors (Lipinski definition) is 5. The number of nitrogens with zero attached hydrogens (tertiary/aromatic N) is 4. The molecule has 1 aliphatic heterocycles. The standard InChI is InChI=1S/C15H12N4O2/c1-10-2-3-12(15(8-10)19(20)21)14-9-13(17-18-14)11-4-6-16-7-5-11/h2-8H,9H2,1H3. The molecule has 0 aliphatic carbocycles. The number of aryl methyl sites for hydroxylation is 1. The zero-order valence-corrected chi connectivity index (χ0v) is 11.4. The molecule has 0 fully saturated rings. The third kappa shape index (κ3) is 2.55. The van der Waals surface area contributed by atoms with Crippen LogP contribution in [0.2, 0.25) is 0 Å². The average Bonchev–Trinajstić information content (AvgIpc) is 2.97. The van der Waals surface area contributed by atoms with Crippen LogP contribution in [0.1, 0.15) is 23.1 Å². The van der Waals surface area contributed by atoms with Gasteiger partial charge in [-0.1, -0.05) is 6.07 Å². The summed E-state index contributed by atoms with van der Waals surface area (Å²) in [6.45, 7) is 1.83. The maximum absolute atomic E-state index is 11.2. The summed E-state index contributed by atoms with van der Waals surface area (Å²) in [6, 6.07) is 8.83. The minimum atomic E-state index is -0.380. The Morgan fingerprint density at radius 1 is 1.10 bits per heavy atom. The summed E-state index contributed by atoms with van der Waals surface area (Å²) in [6.07, 6.45) is 3.85. The fourth-order valence-corrected chi connectivity index (χ4v) is 2.24. The lowest BCUT2D eigenvalue weighted by Crippen LogP contribution is -2.08. The summed E-state index contributed by atoms with van der Waals surface area (Å²) in [5.41, 5.74) is 3.78. The van der Waals surface area contributed by atoms with Crippen LogP contribution in [-0.2, 0) is 0 Å². The van der Waals surface area contributed by atoms with Gasteiger partial charge < -0.3 is 0 Å². The van der Waals surface area contributed by atoms with Crippen LogP contribution < -0.4 is 0 Å². The van der Waals surface area contributed by atoms with Crippen molar-refractivity contribution in [1.29, 1.82) is 0 Å². The Morgan fingerprint density at radius 3 is 2.52 bits per heavy atom. The third-order valence-corrected chi connectivity index (χ3v) is 3.30. The van der Waals surface area contributed by atoms with Crippen molar-refractivity contribution in [3.8, 4) is 0 Å². The molecule has 1 aromatic heterocycles. The van der Waals surface area contributed by atoms with Crippen molar-refractivity contribution in [2.45, 2.75) is 13.3 Å². The van der Waals surface area contributed by atoms with Crippen LogP contribution in [0.3, 0.4) is 0 Å². The maximum Gasteiger partial charge on any atom is 0.278 e. The van der Waals surface area contributed by atoms with Crippen molar-refractivity contribution in [2.75, 3.05) is 0 Å². The van der Waals surface area contributed by atoms with Crippen LogP contribution in [0.5, 0.6) is 0 Å². The number of nitro benzene ring substituents is 1. The summed E-state index contributed by atoms with van der Waals surface area (Å²) >= 11 is 0. The SMILES string of the molecule is Cc1ccc(C2=NN=C(c3ccncc3)C2)c([N+](=O)[O-])c1. The molecule has 0 radical (unpaired) electrons. The summed E-state index contributed by atoms with van der Waals surface area (Å²) in [4.78, 5) is 14.8. The monoisotopic (exact) mass is 280 g/mol. The molecule has 6 heteroatoms. The first-order valence-corrected chi connectivity index (χ1v) is 6.44. The van der Waals surface area contributed by atoms with Crippen LogP contribution in [0, 0.1) is 17.0 Å². The highest BCUT2D eigenvalue weighted by Gasteiger charge is 2.23. The molecule has 21 heavy (non-hydrogen) atoms. The van der Waals surface area contributed by atoms with Crippen LogP contribution in [0.25, 0.3) is 0 Å². The molecule has 2 aromatic rings. The summed E-state index contributed by atoms with van der Waals surface area (Å²) in [5.74, 6) is 0. The second-order valence-corrected chi connectivity index (χ2v) is 4.78. The predicted octanol–water partition coefficient (Wildman–Crippen LogP) is 2.90. The molecule has 6 nitrogen and oxygen atoms in total. The molecule has 0 saturated heterocycles. The molecular formula is C15H12N4O2. The van der Waals surface area contributed by atoms with Crippen LogP contribution in [-0.4, -0.2) is 21.3 Å². The highest BCUT2D eigenvalue weighted by molar-refractivity contribution is 6.21. The second-order valence-electron chi connectivity index (χ2n) is 4.78. The molecule has 0 N–H and O–H groups in total. The van der Waals surface area contributed by atoms with Crippen LogP contribution in [0.15, 0.2) is 52.9 Å². The van der Waals surface area contributed by atoms with Crippen LogP contribution in [0.4, 0.5) is 5.69 Å². The lowest BCUT2D eigenvalue weighted by Gasteiger charge is -2.04. The molecule has 2 heterocycles. The molecule has 1 aromatic carbocycles. The van der Waals surface area contributed by atoms with E-state index in [0.717, 1.165) is 16.8 Å². The van der Waals surface area contributed by atoms with Gasteiger partial charge in [0.2, 0.25) is 0 Å². The van der Waals surface area contributed by atoms with Crippen molar-refractivity contribution in [3.05, 3.63) is 69.5 Å². The number of benzene rings is 1. The first-order chi connectivity index (χ1) is 10.1. The number of aromatic nitrogens is 1. The Kier molecular flexibility index (Phi) is 3.27. The van der Waals surface area contributed by atoms with Crippen molar-refractivity contribution < 1.29 is 4.92 Å². The molecule has 0 unspecified atom stereocenters. The topological polar surface area (TPSA) is 80.8 Å². The van der Waals surface area contributed by atoms with Crippen molar-refractivity contribution in [2.24, 2.45) is 10.2 Å². The lowest BCUT2D eigenvalue weighted by atomic mass is 9.99. The number of rotatable bonds is 3. The van der Waals surface area contributed by atoms with Gasteiger partial charge in [-0.2, -0.15) is 10.2 Å². The van der Waals surface area contributed by atoms with Gasteiger partial charge >= 0.3 is 0 Å². The largest absolute Gasteiger partial charge is 0.278 e. The number of nitro groups is 1. The van der Waals surface area contributed by atoms with E-state index in [0.29, 0.717) is 17.7 Å². The van der Waals surface area contributed by atoms with Gasteiger partial charge in [0.1, 0.15) is 0 Å². The predicted molar refractivity (Wildman–Crippen MR) is 79.8 cm³/mol. The molecule has 104 valence electrons. The Morgan fingerprint density at radius 2 is 1.81 bits per heavy atom. The fraction of sp³-hybridized carbons (Fsp3) is 0.133. The molecule has 0 amide bonds. The van der Waals surface area contributed by atoms with Gasteiger partial charge in [0, 0.05) is 30.4 Å². The zero-order chi connectivity index (χ0) is 14.8. The van der Waals surface area contributed by atoms with Gasteiger partial charge in [-0.25, -0.2) is 0 Å². The van der Waals surface area contributed by atoms with Gasteiger partial charge in [0.05, 0.1) is 21.9 Å². The average molecular weight is 280 g/mol. The van der Waals surface area contributed by atoms with Gasteiger partial charge in [-0.05, 0) is 30.7 Å². The highest BCUT2D eigenvalue weighted by Crippen LogP contribution is 2.25. The molecule has 3 rings (SSSR count). The Balaban J connectivity index is 1.90. The van der Waals surface area contributed by atoms with E-state index in [1.165, 1.54) is 0 Å². The Labute approximate surface area is 121 Å². The van der Waals surface area contributed by atoms with Gasteiger partial charge in [-0.3, -0.25) is 15.1 Å². The number of hydrogen-bond donors (Lipinski definition) is 0. The lowest BCUT2D eigenvalue weighted by molar-refractivity contribution is -0.385.